The largest absolute Gasteiger partial charge is 0.373 e. The molecule has 0 aliphatic heterocycles. The molecule has 0 aliphatic carbocycles. The highest BCUT2D eigenvalue weighted by Crippen LogP contribution is 1.99. The van der Waals surface area contributed by atoms with Crippen LogP contribution in [0, 0.1) is 0 Å². The summed E-state index contributed by atoms with van der Waals surface area (Å²) in [6.45, 7) is 3.71. The molecular weight excluding hydrogens is 172 g/mol. The molecule has 0 saturated carbocycles. The summed E-state index contributed by atoms with van der Waals surface area (Å²) in [6.07, 6.45) is 2.85. The van der Waals surface area contributed by atoms with Gasteiger partial charge in [0.1, 0.15) is 0 Å². The lowest BCUT2D eigenvalue weighted by molar-refractivity contribution is -0.280. The fourth-order valence-electron chi connectivity index (χ4n) is 0.755. The van der Waals surface area contributed by atoms with E-state index in [1.54, 1.807) is 0 Å². The van der Waals surface area contributed by atoms with Gasteiger partial charge in [0.2, 0.25) is 0 Å². The van der Waals surface area contributed by atoms with Crippen molar-refractivity contribution in [1.82, 2.24) is 0 Å². The van der Waals surface area contributed by atoms with Gasteiger partial charge >= 0.3 is 5.97 Å². The van der Waals surface area contributed by atoms with E-state index in [0.29, 0.717) is 6.61 Å². The molecule has 0 aromatic heterocycles. The maximum atomic E-state index is 10.6. The number of hydrogen-bond donors (Lipinski definition) is 0. The Morgan fingerprint density at radius 3 is 2.54 bits per heavy atom. The summed E-state index contributed by atoms with van der Waals surface area (Å²) in [7, 11) is 0. The fraction of sp³-hybridized carbons (Fsp3) is 0.889. The maximum Gasteiger partial charge on any atom is 0.373 e. The van der Waals surface area contributed by atoms with Crippen LogP contribution < -0.4 is 0 Å². The Hall–Kier alpha value is -0.610. The van der Waals surface area contributed by atoms with Crippen LogP contribution in [0.3, 0.4) is 0 Å². The Bertz CT molecular complexity index is 134. The van der Waals surface area contributed by atoms with Crippen LogP contribution in [0.15, 0.2) is 0 Å². The summed E-state index contributed by atoms with van der Waals surface area (Å²) in [4.78, 5) is 19.4. The number of unbranched alkanes of at least 4 members (excludes halogenated alkanes) is 3. The molecular formula is C9H17O4. The minimum Gasteiger partial charge on any atom is -0.295 e. The predicted molar refractivity (Wildman–Crippen MR) is 46.3 cm³/mol. The smallest absolute Gasteiger partial charge is 0.295 e. The van der Waals surface area contributed by atoms with Crippen molar-refractivity contribution < 1.29 is 19.7 Å². The lowest BCUT2D eigenvalue weighted by atomic mass is 10.2. The molecule has 13 heavy (non-hydrogen) atoms. The average molecular weight is 189 g/mol. The van der Waals surface area contributed by atoms with E-state index in [4.69, 9.17) is 0 Å². The highest BCUT2D eigenvalue weighted by Gasteiger charge is 2.12. The molecule has 0 aliphatic rings. The van der Waals surface area contributed by atoms with Gasteiger partial charge in [0, 0.05) is 0 Å². The third-order valence-corrected chi connectivity index (χ3v) is 1.55. The van der Waals surface area contributed by atoms with E-state index < -0.39 is 12.1 Å². The van der Waals surface area contributed by atoms with Crippen molar-refractivity contribution in [2.75, 3.05) is 6.61 Å². The zero-order chi connectivity index (χ0) is 10.1. The van der Waals surface area contributed by atoms with Gasteiger partial charge in [-0.3, -0.25) is 4.89 Å². The molecule has 0 rings (SSSR count). The summed E-state index contributed by atoms with van der Waals surface area (Å²) < 4.78 is 0. The molecule has 0 heterocycles. The van der Waals surface area contributed by atoms with Gasteiger partial charge in [-0.15, -0.1) is 0 Å². The lowest BCUT2D eigenvalue weighted by Gasteiger charge is -2.03. The van der Waals surface area contributed by atoms with Crippen LogP contribution in [0.2, 0.25) is 0 Å². The van der Waals surface area contributed by atoms with Gasteiger partial charge in [0.05, 0.1) is 6.61 Å². The molecule has 0 spiro atoms. The summed E-state index contributed by atoms with van der Waals surface area (Å²) >= 11 is 0. The molecule has 0 fully saturated rings. The first-order valence-electron chi connectivity index (χ1n) is 4.67. The van der Waals surface area contributed by atoms with Crippen LogP contribution >= 0.6 is 0 Å². The molecule has 0 aromatic carbocycles. The standard InChI is InChI=1S/C9H17O4/c1-3-4-5-6-7-12-13-9(11)8(2)10/h8H,3-7H2,1-2H3. The molecule has 4 heteroatoms. The zero-order valence-electron chi connectivity index (χ0n) is 8.25. The summed E-state index contributed by atoms with van der Waals surface area (Å²) in [5.41, 5.74) is 0. The quantitative estimate of drug-likeness (QED) is 0.349. The van der Waals surface area contributed by atoms with Crippen LogP contribution in [0.4, 0.5) is 0 Å². The fourth-order valence-corrected chi connectivity index (χ4v) is 0.755. The predicted octanol–water partition coefficient (Wildman–Crippen LogP) is 1.86. The number of carbonyl (C=O) groups is 1. The second-order valence-electron chi connectivity index (χ2n) is 2.93. The first kappa shape index (κ1) is 12.4. The second-order valence-corrected chi connectivity index (χ2v) is 2.93. The van der Waals surface area contributed by atoms with Crippen molar-refractivity contribution in [1.29, 1.82) is 0 Å². The number of carbonyl (C=O) groups excluding carboxylic acids is 1. The van der Waals surface area contributed by atoms with Gasteiger partial charge in [-0.25, -0.2) is 9.90 Å². The van der Waals surface area contributed by atoms with Crippen LogP contribution in [0.5, 0.6) is 0 Å². The molecule has 1 unspecified atom stereocenters. The third-order valence-electron chi connectivity index (χ3n) is 1.55. The Balaban J connectivity index is 3.12. The van der Waals surface area contributed by atoms with Crippen molar-refractivity contribution >= 4 is 5.97 Å². The molecule has 0 N–H and O–H groups in total. The highest BCUT2D eigenvalue weighted by molar-refractivity contribution is 5.72. The number of hydrogen-bond acceptors (Lipinski definition) is 3. The Kier molecular flexibility index (Phi) is 7.63. The monoisotopic (exact) mass is 189 g/mol. The molecule has 4 nitrogen and oxygen atoms in total. The zero-order valence-corrected chi connectivity index (χ0v) is 8.25. The van der Waals surface area contributed by atoms with Crippen molar-refractivity contribution in [3.63, 3.8) is 0 Å². The topological polar surface area (TPSA) is 55.4 Å². The summed E-state index contributed by atoms with van der Waals surface area (Å²) in [5, 5.41) is 10.4. The van der Waals surface area contributed by atoms with E-state index in [2.05, 4.69) is 16.7 Å². The molecule has 0 bridgehead atoms. The lowest BCUT2D eigenvalue weighted by Crippen LogP contribution is -2.18. The minimum atomic E-state index is -1.37. The second kappa shape index (κ2) is 8.01. The Labute approximate surface area is 78.8 Å². The van der Waals surface area contributed by atoms with Crippen LogP contribution in [-0.2, 0) is 19.7 Å². The van der Waals surface area contributed by atoms with Crippen molar-refractivity contribution in [3.05, 3.63) is 0 Å². The normalized spacial score (nSPS) is 12.5. The highest BCUT2D eigenvalue weighted by atomic mass is 17.2. The van der Waals surface area contributed by atoms with E-state index in [-0.39, 0.29) is 0 Å². The number of rotatable bonds is 7. The molecule has 0 saturated heterocycles. The molecule has 1 radical (unpaired) electrons. The van der Waals surface area contributed by atoms with Crippen LogP contribution in [-0.4, -0.2) is 18.7 Å². The molecule has 77 valence electrons. The van der Waals surface area contributed by atoms with E-state index in [9.17, 15) is 9.90 Å². The van der Waals surface area contributed by atoms with Gasteiger partial charge in [-0.1, -0.05) is 26.2 Å². The van der Waals surface area contributed by atoms with Gasteiger partial charge in [0.15, 0.2) is 6.10 Å². The van der Waals surface area contributed by atoms with E-state index in [1.807, 2.05) is 0 Å². The SMILES string of the molecule is CCCCCCOOC(=O)C(C)[O]. The third kappa shape index (κ3) is 7.74. The van der Waals surface area contributed by atoms with Crippen molar-refractivity contribution in [2.45, 2.75) is 45.6 Å². The van der Waals surface area contributed by atoms with E-state index in [0.717, 1.165) is 25.7 Å². The first-order valence-corrected chi connectivity index (χ1v) is 4.67. The Morgan fingerprint density at radius 1 is 1.31 bits per heavy atom. The van der Waals surface area contributed by atoms with E-state index in [1.165, 1.54) is 6.92 Å². The van der Waals surface area contributed by atoms with Crippen LogP contribution in [0.1, 0.15) is 39.5 Å². The van der Waals surface area contributed by atoms with Crippen LogP contribution in [0.25, 0.3) is 0 Å². The summed E-state index contributed by atoms with van der Waals surface area (Å²) in [5.74, 6) is -0.851. The Morgan fingerprint density at radius 2 is 2.00 bits per heavy atom. The van der Waals surface area contributed by atoms with E-state index >= 15 is 0 Å². The molecule has 0 aromatic rings. The first-order chi connectivity index (χ1) is 6.18. The summed E-state index contributed by atoms with van der Waals surface area (Å²) in [6, 6.07) is 0. The van der Waals surface area contributed by atoms with Crippen molar-refractivity contribution in [2.24, 2.45) is 0 Å². The molecule has 1 atom stereocenters. The average Bonchev–Trinajstić information content (AvgIpc) is 2.10. The van der Waals surface area contributed by atoms with Gasteiger partial charge in [-0.05, 0) is 13.3 Å². The minimum absolute atomic E-state index is 0.373. The molecule has 0 amide bonds. The van der Waals surface area contributed by atoms with Gasteiger partial charge < -0.3 is 0 Å². The van der Waals surface area contributed by atoms with Crippen molar-refractivity contribution in [3.8, 4) is 0 Å². The van der Waals surface area contributed by atoms with Gasteiger partial charge in [-0.2, -0.15) is 4.89 Å². The van der Waals surface area contributed by atoms with Gasteiger partial charge in [0.25, 0.3) is 0 Å². The maximum absolute atomic E-state index is 10.6.